The van der Waals surface area contributed by atoms with Gasteiger partial charge >= 0.3 is 0 Å². The number of ether oxygens (including phenoxy) is 1. The summed E-state index contributed by atoms with van der Waals surface area (Å²) < 4.78 is 7.16. The highest BCUT2D eigenvalue weighted by Crippen LogP contribution is 2.24. The Balaban J connectivity index is 1.66. The maximum atomic E-state index is 12.5. The summed E-state index contributed by atoms with van der Waals surface area (Å²) >= 11 is 1.37. The van der Waals surface area contributed by atoms with Gasteiger partial charge in [0.25, 0.3) is 5.91 Å². The molecule has 2 amide bonds. The second-order valence-electron chi connectivity index (χ2n) is 6.16. The fourth-order valence-corrected chi connectivity index (χ4v) is 3.43. The standard InChI is InChI=1S/C20H22N4O3S/c1-24-11-10-21-19(24)18(14-5-3-6-15(13-14)27-2)23-17(25)8-9-22-20(26)16-7-4-12-28-16/h3-7,10-13,18H,8-9H2,1-2H3,(H,22,26)(H,23,25). The Kier molecular flexibility index (Phi) is 6.44. The van der Waals surface area contributed by atoms with Gasteiger partial charge in [0.15, 0.2) is 0 Å². The average Bonchev–Trinajstić information content (AvgIpc) is 3.38. The lowest BCUT2D eigenvalue weighted by Gasteiger charge is -2.20. The van der Waals surface area contributed by atoms with Crippen molar-refractivity contribution in [3.05, 3.63) is 70.4 Å². The van der Waals surface area contributed by atoms with Crippen LogP contribution >= 0.6 is 11.3 Å². The van der Waals surface area contributed by atoms with Gasteiger partial charge in [-0.1, -0.05) is 18.2 Å². The summed E-state index contributed by atoms with van der Waals surface area (Å²) in [6, 6.07) is 10.7. The smallest absolute Gasteiger partial charge is 0.261 e. The third kappa shape index (κ3) is 4.77. The summed E-state index contributed by atoms with van der Waals surface area (Å²) in [4.78, 5) is 29.5. The van der Waals surface area contributed by atoms with Gasteiger partial charge in [-0.25, -0.2) is 4.98 Å². The number of aryl methyl sites for hydroxylation is 1. The van der Waals surface area contributed by atoms with Crippen molar-refractivity contribution in [3.63, 3.8) is 0 Å². The van der Waals surface area contributed by atoms with Gasteiger partial charge in [0.05, 0.1) is 12.0 Å². The van der Waals surface area contributed by atoms with Crippen molar-refractivity contribution in [2.24, 2.45) is 7.05 Å². The van der Waals surface area contributed by atoms with Crippen LogP contribution in [0.25, 0.3) is 0 Å². The van der Waals surface area contributed by atoms with E-state index in [0.29, 0.717) is 16.5 Å². The molecule has 2 heterocycles. The number of carbonyl (C=O) groups is 2. The van der Waals surface area contributed by atoms with Crippen LogP contribution in [0.5, 0.6) is 5.75 Å². The van der Waals surface area contributed by atoms with Gasteiger partial charge in [-0.3, -0.25) is 9.59 Å². The third-order valence-electron chi connectivity index (χ3n) is 4.23. The van der Waals surface area contributed by atoms with Gasteiger partial charge in [-0.05, 0) is 29.1 Å². The minimum absolute atomic E-state index is 0.169. The van der Waals surface area contributed by atoms with E-state index in [1.807, 2.05) is 53.5 Å². The Labute approximate surface area is 167 Å². The number of aromatic nitrogens is 2. The maximum Gasteiger partial charge on any atom is 0.261 e. The van der Waals surface area contributed by atoms with Crippen molar-refractivity contribution in [2.75, 3.05) is 13.7 Å². The van der Waals surface area contributed by atoms with Crippen LogP contribution in [0, 0.1) is 0 Å². The van der Waals surface area contributed by atoms with E-state index in [1.54, 1.807) is 19.4 Å². The number of amides is 2. The molecule has 0 fully saturated rings. The second-order valence-corrected chi connectivity index (χ2v) is 7.10. The molecule has 146 valence electrons. The minimum atomic E-state index is -0.421. The van der Waals surface area contributed by atoms with Crippen LogP contribution < -0.4 is 15.4 Å². The minimum Gasteiger partial charge on any atom is -0.497 e. The average molecular weight is 398 g/mol. The van der Waals surface area contributed by atoms with E-state index in [0.717, 1.165) is 5.56 Å². The van der Waals surface area contributed by atoms with Gasteiger partial charge in [0.1, 0.15) is 17.6 Å². The quantitative estimate of drug-likeness (QED) is 0.611. The SMILES string of the molecule is COc1cccc(C(NC(=O)CCNC(=O)c2cccs2)c2nccn2C)c1. The van der Waals surface area contributed by atoms with Crippen molar-refractivity contribution < 1.29 is 14.3 Å². The lowest BCUT2D eigenvalue weighted by atomic mass is 10.1. The van der Waals surface area contributed by atoms with Crippen molar-refractivity contribution >= 4 is 23.2 Å². The predicted octanol–water partition coefficient (Wildman–Crippen LogP) is 2.52. The molecule has 8 heteroatoms. The number of methoxy groups -OCH3 is 1. The summed E-state index contributed by atoms with van der Waals surface area (Å²) in [5.74, 6) is 1.07. The number of rotatable bonds is 8. The van der Waals surface area contributed by atoms with Crippen molar-refractivity contribution in [1.82, 2.24) is 20.2 Å². The Morgan fingerprint density at radius 2 is 2.14 bits per heavy atom. The number of hydrogen-bond acceptors (Lipinski definition) is 5. The van der Waals surface area contributed by atoms with Crippen LogP contribution in [0.3, 0.4) is 0 Å². The molecule has 0 saturated heterocycles. The fraction of sp³-hybridized carbons (Fsp3) is 0.250. The largest absolute Gasteiger partial charge is 0.497 e. The molecule has 0 spiro atoms. The van der Waals surface area contributed by atoms with E-state index in [9.17, 15) is 9.59 Å². The first-order chi connectivity index (χ1) is 13.6. The zero-order chi connectivity index (χ0) is 19.9. The molecule has 0 saturated carbocycles. The number of thiophene rings is 1. The molecule has 1 unspecified atom stereocenters. The van der Waals surface area contributed by atoms with Gasteiger partial charge in [-0.15, -0.1) is 11.3 Å². The van der Waals surface area contributed by atoms with Crippen molar-refractivity contribution in [3.8, 4) is 5.75 Å². The Hall–Kier alpha value is -3.13. The zero-order valence-corrected chi connectivity index (χ0v) is 16.5. The molecule has 0 aliphatic carbocycles. The number of hydrogen-bond donors (Lipinski definition) is 2. The molecule has 0 bridgehead atoms. The first kappa shape index (κ1) is 19.6. The van der Waals surface area contributed by atoms with E-state index < -0.39 is 6.04 Å². The summed E-state index contributed by atoms with van der Waals surface area (Å²) in [6.45, 7) is 0.258. The number of nitrogens with one attached hydrogen (secondary N) is 2. The molecule has 0 aliphatic heterocycles. The molecule has 1 aromatic carbocycles. The van der Waals surface area contributed by atoms with E-state index >= 15 is 0 Å². The molecular weight excluding hydrogens is 376 g/mol. The summed E-state index contributed by atoms with van der Waals surface area (Å²) in [5, 5.41) is 7.61. The highest BCUT2D eigenvalue weighted by atomic mass is 32.1. The molecule has 2 N–H and O–H groups in total. The second kappa shape index (κ2) is 9.18. The van der Waals surface area contributed by atoms with Crippen LogP contribution in [0.4, 0.5) is 0 Å². The number of carbonyl (C=O) groups excluding carboxylic acids is 2. The fourth-order valence-electron chi connectivity index (χ4n) is 2.79. The van der Waals surface area contributed by atoms with Gasteiger partial charge in [-0.2, -0.15) is 0 Å². The number of imidazole rings is 1. The highest BCUT2D eigenvalue weighted by molar-refractivity contribution is 7.12. The molecular formula is C20H22N4O3S. The molecule has 0 aliphatic rings. The van der Waals surface area contributed by atoms with Crippen LogP contribution in [-0.4, -0.2) is 35.0 Å². The predicted molar refractivity (Wildman–Crippen MR) is 107 cm³/mol. The molecule has 2 aromatic heterocycles. The normalized spacial score (nSPS) is 11.6. The van der Waals surface area contributed by atoms with Crippen LogP contribution in [0.2, 0.25) is 0 Å². The van der Waals surface area contributed by atoms with Gasteiger partial charge < -0.3 is 19.9 Å². The molecule has 1 atom stereocenters. The maximum absolute atomic E-state index is 12.5. The lowest BCUT2D eigenvalue weighted by Crippen LogP contribution is -2.34. The van der Waals surface area contributed by atoms with Crippen LogP contribution in [0.15, 0.2) is 54.2 Å². The summed E-state index contributed by atoms with van der Waals surface area (Å²) in [6.07, 6.45) is 3.69. The zero-order valence-electron chi connectivity index (χ0n) is 15.7. The number of nitrogens with zero attached hydrogens (tertiary/aromatic N) is 2. The highest BCUT2D eigenvalue weighted by Gasteiger charge is 2.21. The summed E-state index contributed by atoms with van der Waals surface area (Å²) in [7, 11) is 3.48. The third-order valence-corrected chi connectivity index (χ3v) is 5.10. The van der Waals surface area contributed by atoms with Crippen LogP contribution in [0.1, 0.15) is 33.5 Å². The Bertz CT molecular complexity index is 937. The van der Waals surface area contributed by atoms with E-state index in [-0.39, 0.29) is 24.8 Å². The molecule has 3 rings (SSSR count). The Morgan fingerprint density at radius 3 is 2.82 bits per heavy atom. The van der Waals surface area contributed by atoms with Crippen LogP contribution in [-0.2, 0) is 11.8 Å². The van der Waals surface area contributed by atoms with Crippen molar-refractivity contribution in [2.45, 2.75) is 12.5 Å². The first-order valence-electron chi connectivity index (χ1n) is 8.80. The van der Waals surface area contributed by atoms with E-state index in [1.165, 1.54) is 11.3 Å². The lowest BCUT2D eigenvalue weighted by molar-refractivity contribution is -0.121. The molecule has 0 radical (unpaired) electrons. The monoisotopic (exact) mass is 398 g/mol. The van der Waals surface area contributed by atoms with E-state index in [4.69, 9.17) is 4.74 Å². The molecule has 3 aromatic rings. The Morgan fingerprint density at radius 1 is 1.29 bits per heavy atom. The van der Waals surface area contributed by atoms with Gasteiger partial charge in [0.2, 0.25) is 5.91 Å². The topological polar surface area (TPSA) is 85.2 Å². The summed E-state index contributed by atoms with van der Waals surface area (Å²) in [5.41, 5.74) is 0.865. The first-order valence-corrected chi connectivity index (χ1v) is 9.68. The van der Waals surface area contributed by atoms with Gasteiger partial charge in [0, 0.05) is 32.4 Å². The molecule has 7 nitrogen and oxygen atoms in total. The van der Waals surface area contributed by atoms with E-state index in [2.05, 4.69) is 15.6 Å². The van der Waals surface area contributed by atoms with Crippen molar-refractivity contribution in [1.29, 1.82) is 0 Å². The number of benzene rings is 1. The molecule has 28 heavy (non-hydrogen) atoms.